The van der Waals surface area contributed by atoms with Crippen molar-refractivity contribution in [3.63, 3.8) is 0 Å². The summed E-state index contributed by atoms with van der Waals surface area (Å²) in [5.74, 6) is 0.375. The summed E-state index contributed by atoms with van der Waals surface area (Å²) in [7, 11) is 2.62. The Bertz CT molecular complexity index is 713. The number of carbonyl (C=O) groups excluding carboxylic acids is 1. The molecule has 0 heterocycles. The average molecular weight is 389 g/mol. The molecule has 0 aromatic heterocycles. The molecule has 152 valence electrons. The van der Waals surface area contributed by atoms with Gasteiger partial charge in [-0.25, -0.2) is 0 Å². The number of nitrogens with one attached hydrogen (secondary N) is 1. The zero-order valence-electron chi connectivity index (χ0n) is 16.2. The molecule has 0 spiro atoms. The predicted octanol–water partition coefficient (Wildman–Crippen LogP) is 2.06. The molecule has 28 heavy (non-hydrogen) atoms. The van der Waals surface area contributed by atoms with E-state index in [-0.39, 0.29) is 18.9 Å². The number of carboxylic acid groups (broad SMARTS) is 1. The molecule has 0 aliphatic carbocycles. The number of aliphatic carboxylic acids is 1. The molecule has 0 unspecified atom stereocenters. The molecule has 2 aromatic rings. The van der Waals surface area contributed by atoms with Gasteiger partial charge in [0.15, 0.2) is 6.61 Å². The van der Waals surface area contributed by atoms with E-state index in [1.165, 1.54) is 0 Å². The molecule has 1 amide bonds. The van der Waals surface area contributed by atoms with Crippen molar-refractivity contribution in [2.75, 3.05) is 27.4 Å². The molecule has 0 aliphatic heterocycles. The van der Waals surface area contributed by atoms with Crippen LogP contribution in [0.4, 0.5) is 0 Å². The lowest BCUT2D eigenvalue weighted by Crippen LogP contribution is -2.30. The standard InChI is InChI=1S/C20H23NO5.CH4O/c1-25-17-7-2-16(3-8-17)12-13-21-19(22)14-26-18-9-4-15(5-10-18)6-11-20(23)24;1-2/h2-5,7-10H,6,11-14H2,1H3,(H,21,22)(H,23,24);2H,1H3. The summed E-state index contributed by atoms with van der Waals surface area (Å²) in [6.07, 6.45) is 1.30. The van der Waals surface area contributed by atoms with E-state index in [9.17, 15) is 9.59 Å². The van der Waals surface area contributed by atoms with E-state index in [4.69, 9.17) is 19.7 Å². The Kier molecular flexibility index (Phi) is 10.8. The Morgan fingerprint density at radius 3 is 1.96 bits per heavy atom. The third-order valence-corrected chi connectivity index (χ3v) is 3.82. The maximum absolute atomic E-state index is 11.8. The third kappa shape index (κ3) is 9.05. The normalized spacial score (nSPS) is 9.68. The summed E-state index contributed by atoms with van der Waals surface area (Å²) < 4.78 is 10.5. The van der Waals surface area contributed by atoms with Crippen molar-refractivity contribution >= 4 is 11.9 Å². The summed E-state index contributed by atoms with van der Waals surface area (Å²) in [5.41, 5.74) is 2.03. The molecule has 2 rings (SSSR count). The number of rotatable bonds is 10. The van der Waals surface area contributed by atoms with E-state index in [0.29, 0.717) is 18.7 Å². The minimum Gasteiger partial charge on any atom is -0.497 e. The summed E-state index contributed by atoms with van der Waals surface area (Å²) in [6.45, 7) is 0.472. The molecule has 0 saturated carbocycles. The second kappa shape index (κ2) is 13.2. The van der Waals surface area contributed by atoms with E-state index in [0.717, 1.165) is 30.4 Å². The first kappa shape index (κ1) is 23.0. The third-order valence-electron chi connectivity index (χ3n) is 3.82. The molecule has 0 atom stereocenters. The lowest BCUT2D eigenvalue weighted by Gasteiger charge is -2.08. The highest BCUT2D eigenvalue weighted by atomic mass is 16.5. The Hall–Kier alpha value is -3.06. The number of benzene rings is 2. The summed E-state index contributed by atoms with van der Waals surface area (Å²) >= 11 is 0. The SMILES string of the molecule is CO.COc1ccc(CCNC(=O)COc2ccc(CCC(=O)O)cc2)cc1. The van der Waals surface area contributed by atoms with Gasteiger partial charge in [0.1, 0.15) is 11.5 Å². The number of amides is 1. The largest absolute Gasteiger partial charge is 0.497 e. The molecule has 0 aliphatic rings. The molecular formula is C21H27NO6. The van der Waals surface area contributed by atoms with Gasteiger partial charge in [-0.3, -0.25) is 9.59 Å². The maximum Gasteiger partial charge on any atom is 0.303 e. The lowest BCUT2D eigenvalue weighted by molar-refractivity contribution is -0.137. The highest BCUT2D eigenvalue weighted by Gasteiger charge is 2.04. The molecule has 0 saturated heterocycles. The topological polar surface area (TPSA) is 105 Å². The van der Waals surface area contributed by atoms with Crippen LogP contribution in [-0.2, 0) is 22.4 Å². The maximum atomic E-state index is 11.8. The monoisotopic (exact) mass is 389 g/mol. The molecule has 7 nitrogen and oxygen atoms in total. The van der Waals surface area contributed by atoms with Crippen LogP contribution < -0.4 is 14.8 Å². The van der Waals surface area contributed by atoms with Crippen molar-refractivity contribution < 1.29 is 29.3 Å². The highest BCUT2D eigenvalue weighted by Crippen LogP contribution is 2.13. The van der Waals surface area contributed by atoms with Crippen LogP contribution >= 0.6 is 0 Å². The van der Waals surface area contributed by atoms with Gasteiger partial charge >= 0.3 is 5.97 Å². The fourth-order valence-electron chi connectivity index (χ4n) is 2.34. The van der Waals surface area contributed by atoms with Gasteiger partial charge in [-0.1, -0.05) is 24.3 Å². The summed E-state index contributed by atoms with van der Waals surface area (Å²) in [5, 5.41) is 18.5. The van der Waals surface area contributed by atoms with Crippen molar-refractivity contribution in [2.45, 2.75) is 19.3 Å². The van der Waals surface area contributed by atoms with Gasteiger partial charge in [0, 0.05) is 20.1 Å². The first-order chi connectivity index (χ1) is 13.6. The van der Waals surface area contributed by atoms with Crippen LogP contribution in [0.25, 0.3) is 0 Å². The fourth-order valence-corrected chi connectivity index (χ4v) is 2.34. The van der Waals surface area contributed by atoms with Crippen LogP contribution in [0, 0.1) is 0 Å². The summed E-state index contributed by atoms with van der Waals surface area (Å²) in [4.78, 5) is 22.4. The van der Waals surface area contributed by atoms with Crippen LogP contribution in [-0.4, -0.2) is 49.5 Å². The van der Waals surface area contributed by atoms with Gasteiger partial charge in [0.25, 0.3) is 5.91 Å². The average Bonchev–Trinajstić information content (AvgIpc) is 2.73. The second-order valence-corrected chi connectivity index (χ2v) is 5.77. The molecular weight excluding hydrogens is 362 g/mol. The number of ether oxygens (including phenoxy) is 2. The molecule has 0 fully saturated rings. The number of aliphatic hydroxyl groups is 1. The molecule has 2 aromatic carbocycles. The first-order valence-electron chi connectivity index (χ1n) is 8.84. The van der Waals surface area contributed by atoms with Crippen molar-refractivity contribution in [2.24, 2.45) is 0 Å². The quantitative estimate of drug-likeness (QED) is 0.574. The minimum absolute atomic E-state index is 0.0584. The highest BCUT2D eigenvalue weighted by molar-refractivity contribution is 5.77. The van der Waals surface area contributed by atoms with E-state index in [1.807, 2.05) is 24.3 Å². The van der Waals surface area contributed by atoms with Crippen LogP contribution in [0.15, 0.2) is 48.5 Å². The van der Waals surface area contributed by atoms with Gasteiger partial charge in [0.05, 0.1) is 7.11 Å². The number of carbonyl (C=O) groups is 2. The van der Waals surface area contributed by atoms with Crippen LogP contribution in [0.3, 0.4) is 0 Å². The van der Waals surface area contributed by atoms with Gasteiger partial charge in [-0.05, 0) is 48.2 Å². The van der Waals surface area contributed by atoms with Crippen molar-refractivity contribution in [3.05, 3.63) is 59.7 Å². The van der Waals surface area contributed by atoms with Crippen LogP contribution in [0.2, 0.25) is 0 Å². The first-order valence-corrected chi connectivity index (χ1v) is 8.84. The predicted molar refractivity (Wildman–Crippen MR) is 106 cm³/mol. The zero-order valence-corrected chi connectivity index (χ0v) is 16.2. The van der Waals surface area contributed by atoms with Gasteiger partial charge in [0.2, 0.25) is 0 Å². The molecule has 3 N–H and O–H groups in total. The zero-order chi connectivity index (χ0) is 20.8. The number of hydrogen-bond acceptors (Lipinski definition) is 5. The van der Waals surface area contributed by atoms with E-state index in [1.54, 1.807) is 31.4 Å². The van der Waals surface area contributed by atoms with E-state index >= 15 is 0 Å². The molecule has 0 bridgehead atoms. The minimum atomic E-state index is -0.823. The van der Waals surface area contributed by atoms with Gasteiger partial charge in [-0.15, -0.1) is 0 Å². The number of aryl methyl sites for hydroxylation is 1. The fraction of sp³-hybridized carbons (Fsp3) is 0.333. The Morgan fingerprint density at radius 2 is 1.43 bits per heavy atom. The number of carboxylic acids is 1. The smallest absolute Gasteiger partial charge is 0.303 e. The molecule has 7 heteroatoms. The number of hydrogen-bond donors (Lipinski definition) is 3. The second-order valence-electron chi connectivity index (χ2n) is 5.77. The molecule has 0 radical (unpaired) electrons. The van der Waals surface area contributed by atoms with Crippen molar-refractivity contribution in [1.29, 1.82) is 0 Å². The summed E-state index contributed by atoms with van der Waals surface area (Å²) in [6, 6.07) is 14.8. The Morgan fingerprint density at radius 1 is 0.893 bits per heavy atom. The van der Waals surface area contributed by atoms with Crippen molar-refractivity contribution in [3.8, 4) is 11.5 Å². The van der Waals surface area contributed by atoms with E-state index < -0.39 is 5.97 Å². The number of aliphatic hydroxyl groups excluding tert-OH is 1. The van der Waals surface area contributed by atoms with Crippen LogP contribution in [0.5, 0.6) is 11.5 Å². The van der Waals surface area contributed by atoms with Crippen LogP contribution in [0.1, 0.15) is 17.5 Å². The lowest BCUT2D eigenvalue weighted by atomic mass is 10.1. The van der Waals surface area contributed by atoms with Gasteiger partial charge < -0.3 is 25.0 Å². The van der Waals surface area contributed by atoms with E-state index in [2.05, 4.69) is 5.32 Å². The Labute approximate surface area is 164 Å². The Balaban J connectivity index is 0.00000190. The van der Waals surface area contributed by atoms with Crippen molar-refractivity contribution in [1.82, 2.24) is 5.32 Å². The van der Waals surface area contributed by atoms with Gasteiger partial charge in [-0.2, -0.15) is 0 Å². The number of methoxy groups -OCH3 is 1.